The van der Waals surface area contributed by atoms with E-state index in [1.54, 1.807) is 6.92 Å². The van der Waals surface area contributed by atoms with Crippen LogP contribution in [0.25, 0.3) is 11.3 Å². The van der Waals surface area contributed by atoms with E-state index in [4.69, 9.17) is 4.52 Å². The highest BCUT2D eigenvalue weighted by Crippen LogP contribution is 2.26. The molecule has 4 rings (SSSR count). The van der Waals surface area contributed by atoms with Gasteiger partial charge in [0.15, 0.2) is 0 Å². The Balaban J connectivity index is 1.45. The number of nitrogens with zero attached hydrogens (tertiary/aromatic N) is 4. The standard InChI is InChI=1S/C21H22N4O2/c1-16-19(20(23-27-16)17-7-3-2-4-8-17)21(26)25-13-11-24(12-14-25)15-18-9-5-6-10-22-18/h2-10H,11-15H2,1H3. The van der Waals surface area contributed by atoms with Crippen LogP contribution >= 0.6 is 0 Å². The molecule has 6 heteroatoms. The van der Waals surface area contributed by atoms with Crippen molar-refractivity contribution in [1.82, 2.24) is 19.9 Å². The maximum atomic E-state index is 13.1. The van der Waals surface area contributed by atoms with E-state index in [-0.39, 0.29) is 5.91 Å². The van der Waals surface area contributed by atoms with Crippen molar-refractivity contribution in [3.8, 4) is 11.3 Å². The van der Waals surface area contributed by atoms with Gasteiger partial charge in [0.2, 0.25) is 0 Å². The minimum absolute atomic E-state index is 0.00918. The first-order valence-corrected chi connectivity index (χ1v) is 9.15. The van der Waals surface area contributed by atoms with Crippen LogP contribution in [0, 0.1) is 6.92 Å². The van der Waals surface area contributed by atoms with Crippen molar-refractivity contribution in [2.75, 3.05) is 26.2 Å². The van der Waals surface area contributed by atoms with Crippen molar-refractivity contribution in [3.63, 3.8) is 0 Å². The lowest BCUT2D eigenvalue weighted by Gasteiger charge is -2.34. The Morgan fingerprint density at radius 2 is 1.78 bits per heavy atom. The highest BCUT2D eigenvalue weighted by Gasteiger charge is 2.28. The van der Waals surface area contributed by atoms with E-state index in [9.17, 15) is 4.79 Å². The molecule has 0 radical (unpaired) electrons. The predicted octanol–water partition coefficient (Wildman–Crippen LogP) is 3.00. The Morgan fingerprint density at radius 3 is 2.48 bits per heavy atom. The van der Waals surface area contributed by atoms with Crippen LogP contribution in [0.5, 0.6) is 0 Å². The van der Waals surface area contributed by atoms with Crippen molar-refractivity contribution in [3.05, 3.63) is 71.7 Å². The van der Waals surface area contributed by atoms with Gasteiger partial charge in [-0.2, -0.15) is 0 Å². The van der Waals surface area contributed by atoms with Crippen LogP contribution in [0.1, 0.15) is 21.8 Å². The van der Waals surface area contributed by atoms with Crippen LogP contribution < -0.4 is 0 Å². The second kappa shape index (κ2) is 7.72. The third kappa shape index (κ3) is 3.75. The van der Waals surface area contributed by atoms with Crippen LogP contribution in [0.4, 0.5) is 0 Å². The zero-order valence-electron chi connectivity index (χ0n) is 15.3. The normalized spacial score (nSPS) is 15.1. The molecule has 1 aliphatic rings. The molecule has 1 amide bonds. The van der Waals surface area contributed by atoms with Gasteiger partial charge in [-0.25, -0.2) is 0 Å². The molecule has 3 heterocycles. The number of amides is 1. The van der Waals surface area contributed by atoms with Crippen LogP contribution in [0.15, 0.2) is 59.3 Å². The van der Waals surface area contributed by atoms with Crippen LogP contribution in [0.2, 0.25) is 0 Å². The molecule has 0 saturated carbocycles. The summed E-state index contributed by atoms with van der Waals surface area (Å²) in [4.78, 5) is 21.7. The number of hydrogen-bond acceptors (Lipinski definition) is 5. The molecule has 0 aliphatic carbocycles. The van der Waals surface area contributed by atoms with Gasteiger partial charge in [-0.1, -0.05) is 41.6 Å². The van der Waals surface area contributed by atoms with Crippen molar-refractivity contribution in [2.45, 2.75) is 13.5 Å². The van der Waals surface area contributed by atoms with Gasteiger partial charge in [-0.05, 0) is 19.1 Å². The molecule has 0 spiro atoms. The Labute approximate surface area is 158 Å². The molecule has 0 atom stereocenters. The molecule has 27 heavy (non-hydrogen) atoms. The monoisotopic (exact) mass is 362 g/mol. The van der Waals surface area contributed by atoms with Crippen molar-refractivity contribution in [2.24, 2.45) is 0 Å². The number of piperazine rings is 1. The van der Waals surface area contributed by atoms with E-state index in [1.165, 1.54) is 0 Å². The van der Waals surface area contributed by atoms with Gasteiger partial charge in [0.1, 0.15) is 17.0 Å². The Kier molecular flexibility index (Phi) is 4.98. The number of aromatic nitrogens is 2. The summed E-state index contributed by atoms with van der Waals surface area (Å²) in [6.07, 6.45) is 1.81. The van der Waals surface area contributed by atoms with Gasteiger partial charge in [-0.15, -0.1) is 0 Å². The van der Waals surface area contributed by atoms with Gasteiger partial charge in [0, 0.05) is 44.5 Å². The lowest BCUT2D eigenvalue weighted by atomic mass is 10.0. The summed E-state index contributed by atoms with van der Waals surface area (Å²) in [5.74, 6) is 0.555. The predicted molar refractivity (Wildman–Crippen MR) is 102 cm³/mol. The number of carbonyl (C=O) groups excluding carboxylic acids is 1. The van der Waals surface area contributed by atoms with Crippen LogP contribution in [0.3, 0.4) is 0 Å². The highest BCUT2D eigenvalue weighted by atomic mass is 16.5. The summed E-state index contributed by atoms with van der Waals surface area (Å²) in [7, 11) is 0. The minimum atomic E-state index is -0.00918. The van der Waals surface area contributed by atoms with Gasteiger partial charge >= 0.3 is 0 Å². The average Bonchev–Trinajstić information content (AvgIpc) is 3.11. The summed E-state index contributed by atoms with van der Waals surface area (Å²) >= 11 is 0. The third-order valence-electron chi connectivity index (χ3n) is 4.90. The molecule has 1 aliphatic heterocycles. The largest absolute Gasteiger partial charge is 0.360 e. The van der Waals surface area contributed by atoms with Crippen molar-refractivity contribution < 1.29 is 9.32 Å². The summed E-state index contributed by atoms with van der Waals surface area (Å²) < 4.78 is 5.35. The molecule has 138 valence electrons. The SMILES string of the molecule is Cc1onc(-c2ccccc2)c1C(=O)N1CCN(Cc2ccccn2)CC1. The topological polar surface area (TPSA) is 62.5 Å². The van der Waals surface area contributed by atoms with Gasteiger partial charge in [0.25, 0.3) is 5.91 Å². The molecule has 0 unspecified atom stereocenters. The summed E-state index contributed by atoms with van der Waals surface area (Å²) in [6, 6.07) is 15.7. The van der Waals surface area contributed by atoms with Gasteiger partial charge in [-0.3, -0.25) is 14.7 Å². The zero-order chi connectivity index (χ0) is 18.6. The maximum Gasteiger partial charge on any atom is 0.259 e. The molecular formula is C21H22N4O2. The maximum absolute atomic E-state index is 13.1. The molecule has 1 fully saturated rings. The minimum Gasteiger partial charge on any atom is -0.360 e. The zero-order valence-corrected chi connectivity index (χ0v) is 15.3. The first-order valence-electron chi connectivity index (χ1n) is 9.15. The van der Waals surface area contributed by atoms with E-state index >= 15 is 0 Å². The van der Waals surface area contributed by atoms with Crippen molar-refractivity contribution >= 4 is 5.91 Å². The van der Waals surface area contributed by atoms with E-state index < -0.39 is 0 Å². The average molecular weight is 362 g/mol. The number of benzene rings is 1. The smallest absolute Gasteiger partial charge is 0.259 e. The summed E-state index contributed by atoms with van der Waals surface area (Å²) in [5.41, 5.74) is 3.14. The van der Waals surface area contributed by atoms with E-state index in [0.29, 0.717) is 30.1 Å². The lowest BCUT2D eigenvalue weighted by Crippen LogP contribution is -2.48. The second-order valence-electron chi connectivity index (χ2n) is 6.72. The van der Waals surface area contributed by atoms with Crippen molar-refractivity contribution in [1.29, 1.82) is 0 Å². The molecule has 6 nitrogen and oxygen atoms in total. The third-order valence-corrected chi connectivity index (χ3v) is 4.90. The number of carbonyl (C=O) groups is 1. The summed E-state index contributed by atoms with van der Waals surface area (Å²) in [6.45, 7) is 5.63. The molecule has 1 saturated heterocycles. The first kappa shape index (κ1) is 17.4. The number of pyridine rings is 1. The van der Waals surface area contributed by atoms with Gasteiger partial charge < -0.3 is 9.42 Å². The molecule has 0 bridgehead atoms. The molecule has 1 aromatic carbocycles. The lowest BCUT2D eigenvalue weighted by molar-refractivity contribution is 0.0626. The van der Waals surface area contributed by atoms with E-state index in [1.807, 2.05) is 59.6 Å². The summed E-state index contributed by atoms with van der Waals surface area (Å²) in [5, 5.41) is 4.13. The van der Waals surface area contributed by atoms with Crippen LogP contribution in [-0.4, -0.2) is 52.0 Å². The number of hydrogen-bond donors (Lipinski definition) is 0. The first-order chi connectivity index (χ1) is 13.2. The Bertz CT molecular complexity index is 900. The fourth-order valence-electron chi connectivity index (χ4n) is 3.41. The second-order valence-corrected chi connectivity index (χ2v) is 6.72. The Hall–Kier alpha value is -2.99. The van der Waals surface area contributed by atoms with Gasteiger partial charge in [0.05, 0.1) is 5.69 Å². The van der Waals surface area contributed by atoms with Crippen LogP contribution in [-0.2, 0) is 6.54 Å². The van der Waals surface area contributed by atoms with E-state index in [0.717, 1.165) is 30.9 Å². The number of aryl methyl sites for hydroxylation is 1. The van der Waals surface area contributed by atoms with E-state index in [2.05, 4.69) is 15.0 Å². The number of rotatable bonds is 4. The Morgan fingerprint density at radius 1 is 1.04 bits per heavy atom. The molecule has 2 aromatic heterocycles. The highest BCUT2D eigenvalue weighted by molar-refractivity contribution is 6.00. The molecule has 0 N–H and O–H groups in total. The molecule has 3 aromatic rings. The molecular weight excluding hydrogens is 340 g/mol. The quantitative estimate of drug-likeness (QED) is 0.714. The fourth-order valence-corrected chi connectivity index (χ4v) is 3.41. The fraction of sp³-hybridized carbons (Fsp3) is 0.286.